The molecule has 10 rings (SSSR count). The van der Waals surface area contributed by atoms with Crippen molar-refractivity contribution in [3.63, 3.8) is 0 Å². The number of esters is 3. The van der Waals surface area contributed by atoms with Crippen molar-refractivity contribution in [1.82, 2.24) is 39.7 Å². The first-order chi connectivity index (χ1) is 59.4. The SMILES string of the molecule is CC(C)(C)OC(=O)N1C=C(OS(=O)(=O)C(F)(F)F)CCC1.CC(C)(C)OC(=O)N1CCCC(=O)C1.COC(=O)c1ccc(-c2nc(Br)cnc2N)cc1F.COC(=O)c1ccc(-c2nccnc2N)cc1F.COC(=O)c1ccc(B2OC(C)(C)C(C)(C)O2)cc1F.C[Si](C)(C)[N-][Si](C)(C)C.Nc1nccnc1Cl.O=S(=O)(N(c1ccccc1)C(F)(F)F)C(F)(F)F.O=S=O.[Li+]. The molecule has 0 unspecified atom stereocenters. The zero-order chi connectivity index (χ0) is 100. The van der Waals surface area contributed by atoms with Gasteiger partial charge in [0.2, 0.25) is 0 Å². The number of piperidine rings is 1. The van der Waals surface area contributed by atoms with Crippen molar-refractivity contribution in [2.75, 3.05) is 62.5 Å². The van der Waals surface area contributed by atoms with Crippen molar-refractivity contribution in [3.05, 3.63) is 176 Å². The molecule has 0 atom stereocenters. The third kappa shape index (κ3) is 40.2. The third-order valence-corrected chi connectivity index (χ3v) is 24.5. The van der Waals surface area contributed by atoms with Crippen LogP contribution in [-0.2, 0) is 73.7 Å². The number of ketones is 1. The largest absolute Gasteiger partial charge is 1.00 e. The summed E-state index contributed by atoms with van der Waals surface area (Å²) in [5, 5.41) is 0.257. The number of nitrogens with two attached hydrogens (primary N) is 3. The Kier molecular flexibility index (Phi) is 46.2. The summed E-state index contributed by atoms with van der Waals surface area (Å²) in [6.07, 6.45) is 2.92. The van der Waals surface area contributed by atoms with Crippen LogP contribution in [-0.4, -0.2) is 205 Å². The first-order valence-electron chi connectivity index (χ1n) is 37.6. The molecule has 3 aliphatic heterocycles. The number of sulfonamides is 1. The number of nitrogens with zero attached hydrogens (tertiary/aromatic N) is 10. The number of alkyl halides is 9. The van der Waals surface area contributed by atoms with E-state index in [1.807, 2.05) is 48.5 Å². The van der Waals surface area contributed by atoms with E-state index in [1.54, 1.807) is 26.8 Å². The van der Waals surface area contributed by atoms with Crippen molar-refractivity contribution in [2.24, 2.45) is 0 Å². The average Bonchev–Trinajstić information content (AvgIpc) is 1.68. The van der Waals surface area contributed by atoms with Crippen molar-refractivity contribution in [2.45, 2.75) is 174 Å². The van der Waals surface area contributed by atoms with Crippen LogP contribution in [0.3, 0.4) is 0 Å². The number of nitrogen functional groups attached to an aromatic ring is 3. The molecule has 54 heteroatoms. The van der Waals surface area contributed by atoms with E-state index in [4.69, 9.17) is 60.7 Å². The number of Topliss-reactive ketones (excluding diaryl/α,β-unsaturated/α-hetero) is 1. The smallest absolute Gasteiger partial charge is 0.668 e. The maximum absolute atomic E-state index is 13.9. The number of rotatable bonds is 12. The van der Waals surface area contributed by atoms with E-state index < -0.39 is 152 Å². The molecule has 33 nitrogen and oxygen atoms in total. The number of anilines is 4. The number of carbonyl (C=O) groups excluding carboxylic acids is 6. The topological polar surface area (TPSA) is 458 Å². The van der Waals surface area contributed by atoms with E-state index in [1.165, 1.54) is 112 Å². The van der Waals surface area contributed by atoms with E-state index in [0.717, 1.165) is 29.7 Å². The number of allylic oxidation sites excluding steroid dienone is 1. The van der Waals surface area contributed by atoms with Gasteiger partial charge in [-0.2, -0.15) is 55.9 Å². The molecular formula is C77H97BBrClF12LiN13O20S3Si2. The molecule has 7 aromatic rings. The molecule has 2 saturated heterocycles. The van der Waals surface area contributed by atoms with Gasteiger partial charge in [0.05, 0.1) is 67.7 Å². The Morgan fingerprint density at radius 2 is 1.02 bits per heavy atom. The number of hydrogen-bond donors (Lipinski definition) is 3. The molecule has 0 bridgehead atoms. The summed E-state index contributed by atoms with van der Waals surface area (Å²) in [4.78, 5) is 93.9. The number of carbonyl (C=O) groups is 6. The molecule has 0 radical (unpaired) electrons. The molecule has 3 aromatic heterocycles. The number of para-hydroxylation sites is 1. The van der Waals surface area contributed by atoms with Crippen LogP contribution < -0.4 is 45.8 Å². The van der Waals surface area contributed by atoms with Gasteiger partial charge in [-0.05, 0) is 152 Å². The molecule has 2 amide bonds. The number of ether oxygens (including phenoxy) is 5. The number of hydrogen-bond acceptors (Lipinski definition) is 29. The van der Waals surface area contributed by atoms with Crippen LogP contribution in [0.5, 0.6) is 0 Å². The molecule has 6 heterocycles. The summed E-state index contributed by atoms with van der Waals surface area (Å²) in [6.45, 7) is 32.8. The molecular weight excluding hydrogens is 1940 g/mol. The number of likely N-dealkylation sites (tertiary alicyclic amines) is 1. The Hall–Kier alpha value is -9.89. The monoisotopic (exact) mass is 2040 g/mol. The first kappa shape index (κ1) is 119. The minimum absolute atomic E-state index is 0. The summed E-state index contributed by atoms with van der Waals surface area (Å²) in [7, 11) is -11.5. The Labute approximate surface area is 780 Å². The van der Waals surface area contributed by atoms with Crippen molar-refractivity contribution in [3.8, 4) is 22.5 Å². The van der Waals surface area contributed by atoms with Crippen molar-refractivity contribution < 1.29 is 163 Å². The van der Waals surface area contributed by atoms with Crippen LogP contribution in [0.25, 0.3) is 27.2 Å². The minimum atomic E-state index is -6.54. The van der Waals surface area contributed by atoms with Crippen molar-refractivity contribution in [1.29, 1.82) is 0 Å². The van der Waals surface area contributed by atoms with Crippen LogP contribution >= 0.6 is 27.5 Å². The molecule has 4 aromatic carbocycles. The van der Waals surface area contributed by atoms with E-state index in [-0.39, 0.29) is 96.0 Å². The van der Waals surface area contributed by atoms with Crippen LogP contribution in [0, 0.1) is 17.5 Å². The number of amides is 2. The zero-order valence-electron chi connectivity index (χ0n) is 74.5. The Balaban J connectivity index is 0.000000755. The fourth-order valence-corrected chi connectivity index (χ4v) is 20.0. The molecule has 131 heavy (non-hydrogen) atoms. The number of halogens is 14. The van der Waals surface area contributed by atoms with Gasteiger partial charge in [0.25, 0.3) is 0 Å². The third-order valence-electron chi connectivity index (χ3n) is 16.0. The number of benzene rings is 4. The molecule has 6 N–H and O–H groups in total. The first-order valence-corrected chi connectivity index (χ1v) is 49.2. The van der Waals surface area contributed by atoms with Gasteiger partial charge >= 0.3 is 105 Å². The van der Waals surface area contributed by atoms with E-state index >= 15 is 0 Å². The van der Waals surface area contributed by atoms with Gasteiger partial charge in [-0.25, -0.2) is 62.1 Å². The molecule has 0 aliphatic carbocycles. The van der Waals surface area contributed by atoms with Gasteiger partial charge in [-0.15, -0.1) is 13.2 Å². The van der Waals surface area contributed by atoms with Crippen LogP contribution in [0.4, 0.5) is 85.4 Å². The second kappa shape index (κ2) is 50.8. The maximum Gasteiger partial charge on any atom is 1.00 e. The number of aromatic nitrogens is 6. The second-order valence-electron chi connectivity index (χ2n) is 31.6. The van der Waals surface area contributed by atoms with E-state index in [2.05, 4.69) is 104 Å². The van der Waals surface area contributed by atoms with Crippen LogP contribution in [0.15, 0.2) is 132 Å². The van der Waals surface area contributed by atoms with Gasteiger partial charge in [0.1, 0.15) is 62.0 Å². The molecule has 3 aliphatic rings. The standard InChI is InChI=1S/C14H18BFO4.C12H9BrFN3O2.C12H10FN3O2.C11H16F3NO5S.C10H17NO3.C8H5F6NO2S.C6H18NSi2.C4H4ClN3.Li.O2S/c1-13(2)14(3,4)20-15(19-13)9-6-7-10(11(16)8-9)12(17)18-5;1-19-12(18)7-3-2-6(4-8(7)14)10-11(15)16-5-9(13)17-10;1-18-12(17)8-3-2-7(6-9(8)13)10-11(14)16-5-4-15-10;1-10(2,3)19-9(16)15-6-4-5-8(7-15)20-21(17,18)11(12,13)14;1-10(2,3)14-9(13)11-6-4-5-8(12)7-11;9-7(10,11)15(6-4-2-1-3-5-6)18(16,17)8(12,13)14;1-8(2,3)7-9(4,5)6;5-3-4(6)8-2-1-7-3;;1-3-2/h6-8H,1-5H3;2-5H,1H3,(H2,15,16);2-6H,1H3,(H2,14,16);7H,4-6H2,1-3H3;4-7H2,1-3H3;1-5H;1-6H3;1-2H,(H2,6,8);;/q;;;;;;-1;;+1;. The predicted octanol–water partition coefficient (Wildman–Crippen LogP) is 13.2. The summed E-state index contributed by atoms with van der Waals surface area (Å²) >= 11 is 7.82. The fourth-order valence-electron chi connectivity index (χ4n) is 10.2. The Morgan fingerprint density at radius 1 is 0.595 bits per heavy atom. The summed E-state index contributed by atoms with van der Waals surface area (Å²) in [5.41, 5.74) is 3.34. The van der Waals surface area contributed by atoms with Crippen LogP contribution in [0.1, 0.15) is 126 Å². The van der Waals surface area contributed by atoms with E-state index in [9.17, 15) is 98.3 Å². The summed E-state index contributed by atoms with van der Waals surface area (Å²) < 4.78 is 255. The zero-order valence-corrected chi connectivity index (χ0v) is 81.3. The van der Waals surface area contributed by atoms with Gasteiger partial charge in [0.15, 0.2) is 16.8 Å². The maximum atomic E-state index is 13.9. The fraction of sp³-hybridized carbons (Fsp3) is 0.429. The summed E-state index contributed by atoms with van der Waals surface area (Å²) in [6, 6.07) is 16.7. The predicted molar refractivity (Wildman–Crippen MR) is 466 cm³/mol. The van der Waals surface area contributed by atoms with Gasteiger partial charge in [-0.1, -0.05) is 104 Å². The minimum Gasteiger partial charge on any atom is -0.668 e. The normalized spacial score (nSPS) is 14.1. The van der Waals surface area contributed by atoms with Crippen LogP contribution in [0.2, 0.25) is 44.4 Å². The summed E-state index contributed by atoms with van der Waals surface area (Å²) in [5.74, 6) is -3.91. The van der Waals surface area contributed by atoms with Crippen molar-refractivity contribution >= 4 is 147 Å². The number of methoxy groups -OCH3 is 3. The van der Waals surface area contributed by atoms with Gasteiger partial charge < -0.3 is 63.9 Å². The van der Waals surface area contributed by atoms with E-state index in [0.29, 0.717) is 57.7 Å². The molecule has 0 spiro atoms. The molecule has 0 saturated carbocycles. The Bertz CT molecular complexity index is 5300. The van der Waals surface area contributed by atoms with Gasteiger partial charge in [-0.3, -0.25) is 14.7 Å². The average molecular weight is 2040 g/mol. The molecule has 2 fully saturated rings. The quantitative estimate of drug-likeness (QED) is 0.0194. The Morgan fingerprint density at radius 3 is 1.40 bits per heavy atom. The second-order valence-corrected chi connectivity index (χ2v) is 45.8. The van der Waals surface area contributed by atoms with Gasteiger partial charge in [0, 0.05) is 68.0 Å². The molecule has 718 valence electrons.